The largest absolute Gasteiger partial charge is 0.365 e. The Hall–Kier alpha value is -2.43. The van der Waals surface area contributed by atoms with Gasteiger partial charge in [-0.05, 0) is 25.0 Å². The molecule has 0 amide bonds. The predicted molar refractivity (Wildman–Crippen MR) is 77.7 cm³/mol. The second-order valence-electron chi connectivity index (χ2n) is 4.23. The van der Waals surface area contributed by atoms with Crippen molar-refractivity contribution in [2.24, 2.45) is 0 Å². The number of nitrogens with one attached hydrogen (secondary N) is 2. The minimum atomic E-state index is 0.478. The summed E-state index contributed by atoms with van der Waals surface area (Å²) in [5.74, 6) is 1.15. The van der Waals surface area contributed by atoms with E-state index >= 15 is 0 Å². The summed E-state index contributed by atoms with van der Waals surface area (Å²) in [6, 6.07) is 6.11. The van der Waals surface area contributed by atoms with E-state index in [1.54, 1.807) is 12.3 Å². The fraction of sp³-hybridized carbons (Fsp3) is 0.214. The van der Waals surface area contributed by atoms with E-state index in [1.807, 2.05) is 32.0 Å². The molecule has 0 unspecified atom stereocenters. The number of aromatic nitrogens is 3. The Kier molecular flexibility index (Phi) is 4.07. The third kappa shape index (κ3) is 3.28. The first kappa shape index (κ1) is 13.0. The second kappa shape index (κ2) is 5.95. The molecule has 0 bridgehead atoms. The van der Waals surface area contributed by atoms with E-state index < -0.39 is 0 Å². The van der Waals surface area contributed by atoms with E-state index in [1.165, 1.54) is 0 Å². The minimum absolute atomic E-state index is 0.478. The average Bonchev–Trinajstić information content (AvgIpc) is 2.41. The Morgan fingerprint density at radius 1 is 1.26 bits per heavy atom. The van der Waals surface area contributed by atoms with Crippen molar-refractivity contribution in [3.63, 3.8) is 0 Å². The van der Waals surface area contributed by atoms with Crippen molar-refractivity contribution in [1.29, 1.82) is 0 Å². The summed E-state index contributed by atoms with van der Waals surface area (Å²) < 4.78 is 0. The van der Waals surface area contributed by atoms with E-state index in [0.29, 0.717) is 18.3 Å². The molecule has 2 N–H and O–H groups in total. The lowest BCUT2D eigenvalue weighted by molar-refractivity contribution is 0.974. The van der Waals surface area contributed by atoms with Gasteiger partial charge in [-0.15, -0.1) is 11.7 Å². The Morgan fingerprint density at radius 2 is 2.00 bits per heavy atom. The number of hydrogen-bond acceptors (Lipinski definition) is 5. The van der Waals surface area contributed by atoms with Crippen LogP contribution in [0.3, 0.4) is 0 Å². The van der Waals surface area contributed by atoms with Crippen molar-refractivity contribution in [1.82, 2.24) is 15.2 Å². The number of hydrogen-bond donors (Lipinski definition) is 2. The lowest BCUT2D eigenvalue weighted by atomic mass is 10.1. The van der Waals surface area contributed by atoms with Gasteiger partial charge in [0.15, 0.2) is 5.82 Å². The molecule has 98 valence electrons. The van der Waals surface area contributed by atoms with Crippen LogP contribution in [0.2, 0.25) is 0 Å². The van der Waals surface area contributed by atoms with Crippen molar-refractivity contribution in [3.8, 4) is 0 Å². The molecule has 5 nitrogen and oxygen atoms in total. The van der Waals surface area contributed by atoms with Crippen LogP contribution < -0.4 is 10.6 Å². The van der Waals surface area contributed by atoms with Crippen LogP contribution in [0.5, 0.6) is 0 Å². The number of anilines is 3. The zero-order valence-corrected chi connectivity index (χ0v) is 11.1. The van der Waals surface area contributed by atoms with Crippen molar-refractivity contribution < 1.29 is 0 Å². The van der Waals surface area contributed by atoms with E-state index in [9.17, 15) is 0 Å². The van der Waals surface area contributed by atoms with Crippen molar-refractivity contribution in [2.45, 2.75) is 13.8 Å². The zero-order valence-electron chi connectivity index (χ0n) is 11.1. The molecule has 5 heteroatoms. The molecule has 2 rings (SSSR count). The van der Waals surface area contributed by atoms with E-state index in [4.69, 9.17) is 0 Å². The van der Waals surface area contributed by atoms with Gasteiger partial charge in [-0.2, -0.15) is 10.1 Å². The van der Waals surface area contributed by atoms with Crippen molar-refractivity contribution in [2.75, 3.05) is 17.2 Å². The molecule has 1 aromatic carbocycles. The van der Waals surface area contributed by atoms with Gasteiger partial charge in [0.25, 0.3) is 0 Å². The Bertz CT molecular complexity index is 560. The molecule has 0 aliphatic heterocycles. The molecule has 0 atom stereocenters. The standard InChI is InChI=1S/C14H17N5/c1-4-8-15-12-9-16-19-14(17-12)18-13-10(2)6-5-7-11(13)3/h4-7,9H,1,8H2,2-3H3,(H2,15,17,18,19). The van der Waals surface area contributed by atoms with Crippen LogP contribution >= 0.6 is 0 Å². The summed E-state index contributed by atoms with van der Waals surface area (Å²) in [4.78, 5) is 4.34. The van der Waals surface area contributed by atoms with Gasteiger partial charge >= 0.3 is 0 Å². The van der Waals surface area contributed by atoms with Crippen molar-refractivity contribution in [3.05, 3.63) is 48.2 Å². The summed E-state index contributed by atoms with van der Waals surface area (Å²) in [5.41, 5.74) is 3.31. The van der Waals surface area contributed by atoms with E-state index in [0.717, 1.165) is 16.8 Å². The number of para-hydroxylation sites is 1. The van der Waals surface area contributed by atoms with Crippen LogP contribution in [0.4, 0.5) is 17.5 Å². The average molecular weight is 255 g/mol. The number of nitrogens with zero attached hydrogens (tertiary/aromatic N) is 3. The topological polar surface area (TPSA) is 62.7 Å². The fourth-order valence-electron chi connectivity index (χ4n) is 1.74. The van der Waals surface area contributed by atoms with Crippen molar-refractivity contribution >= 4 is 17.5 Å². The molecule has 0 fully saturated rings. The first-order valence-electron chi connectivity index (χ1n) is 6.08. The van der Waals surface area contributed by atoms with Crippen LogP contribution in [-0.4, -0.2) is 21.7 Å². The first-order chi connectivity index (χ1) is 9.20. The highest BCUT2D eigenvalue weighted by Crippen LogP contribution is 2.22. The van der Waals surface area contributed by atoms with Crippen LogP contribution in [0.15, 0.2) is 37.1 Å². The summed E-state index contributed by atoms with van der Waals surface area (Å²) in [5, 5.41) is 14.2. The molecule has 1 heterocycles. The second-order valence-corrected chi connectivity index (χ2v) is 4.23. The summed E-state index contributed by atoms with van der Waals surface area (Å²) in [7, 11) is 0. The van der Waals surface area contributed by atoms with Crippen LogP contribution in [0, 0.1) is 13.8 Å². The SMILES string of the molecule is C=CCNc1cnnc(Nc2c(C)cccc2C)n1. The van der Waals surface area contributed by atoms with E-state index in [-0.39, 0.29) is 0 Å². The van der Waals surface area contributed by atoms with Crippen LogP contribution in [0.25, 0.3) is 0 Å². The van der Waals surface area contributed by atoms with E-state index in [2.05, 4.69) is 32.4 Å². The maximum absolute atomic E-state index is 4.34. The summed E-state index contributed by atoms with van der Waals surface area (Å²) in [6.45, 7) is 8.38. The van der Waals surface area contributed by atoms with Gasteiger partial charge in [0.05, 0.1) is 6.20 Å². The first-order valence-corrected chi connectivity index (χ1v) is 6.08. The Labute approximate surface area is 112 Å². The maximum atomic E-state index is 4.34. The molecule has 0 spiro atoms. The summed E-state index contributed by atoms with van der Waals surface area (Å²) >= 11 is 0. The minimum Gasteiger partial charge on any atom is -0.365 e. The molecule has 0 saturated heterocycles. The highest BCUT2D eigenvalue weighted by atomic mass is 15.3. The molecule has 0 aliphatic rings. The molecular weight excluding hydrogens is 238 g/mol. The van der Waals surface area contributed by atoms with Gasteiger partial charge in [-0.3, -0.25) is 0 Å². The van der Waals surface area contributed by atoms with Gasteiger partial charge in [-0.1, -0.05) is 24.3 Å². The quantitative estimate of drug-likeness (QED) is 0.804. The van der Waals surface area contributed by atoms with Gasteiger partial charge in [0.2, 0.25) is 5.95 Å². The molecule has 19 heavy (non-hydrogen) atoms. The molecule has 0 radical (unpaired) electrons. The normalized spacial score (nSPS) is 10.0. The van der Waals surface area contributed by atoms with Gasteiger partial charge in [0.1, 0.15) is 0 Å². The number of rotatable bonds is 5. The van der Waals surface area contributed by atoms with Gasteiger partial charge in [-0.25, -0.2) is 0 Å². The van der Waals surface area contributed by atoms with Gasteiger partial charge in [0, 0.05) is 12.2 Å². The highest BCUT2D eigenvalue weighted by molar-refractivity contribution is 5.63. The monoisotopic (exact) mass is 255 g/mol. The Balaban J connectivity index is 2.21. The number of benzene rings is 1. The van der Waals surface area contributed by atoms with Crippen LogP contribution in [-0.2, 0) is 0 Å². The molecule has 0 saturated carbocycles. The third-order valence-corrected chi connectivity index (χ3v) is 2.70. The Morgan fingerprint density at radius 3 is 2.68 bits per heavy atom. The summed E-state index contributed by atoms with van der Waals surface area (Å²) in [6.07, 6.45) is 3.35. The predicted octanol–water partition coefficient (Wildman–Crippen LogP) is 2.83. The highest BCUT2D eigenvalue weighted by Gasteiger charge is 2.05. The lowest BCUT2D eigenvalue weighted by Crippen LogP contribution is -2.06. The molecule has 0 aliphatic carbocycles. The molecular formula is C14H17N5. The fourth-order valence-corrected chi connectivity index (χ4v) is 1.74. The van der Waals surface area contributed by atoms with Gasteiger partial charge < -0.3 is 10.6 Å². The molecule has 1 aromatic heterocycles. The van der Waals surface area contributed by atoms with Crippen LogP contribution in [0.1, 0.15) is 11.1 Å². The maximum Gasteiger partial charge on any atom is 0.249 e. The smallest absolute Gasteiger partial charge is 0.249 e. The lowest BCUT2D eigenvalue weighted by Gasteiger charge is -2.11. The zero-order chi connectivity index (χ0) is 13.7. The molecule has 2 aromatic rings. The third-order valence-electron chi connectivity index (χ3n) is 2.70. The number of aryl methyl sites for hydroxylation is 2.